The van der Waals surface area contributed by atoms with Crippen molar-refractivity contribution < 1.29 is 28.4 Å². The van der Waals surface area contributed by atoms with Gasteiger partial charge in [0.15, 0.2) is 11.7 Å². The Morgan fingerprint density at radius 2 is 1.20 bits per heavy atom. The van der Waals surface area contributed by atoms with Crippen LogP contribution in [-0.2, 0) is 25.9 Å². The maximum absolute atomic E-state index is 13.2. The lowest BCUT2D eigenvalue weighted by molar-refractivity contribution is -0.112. The summed E-state index contributed by atoms with van der Waals surface area (Å²) in [5.41, 5.74) is 8.02. The number of anilines is 4. The first kappa shape index (κ1) is 35.7. The van der Waals surface area contributed by atoms with E-state index in [9.17, 15) is 24.0 Å². The van der Waals surface area contributed by atoms with Crippen molar-refractivity contribution in [3.05, 3.63) is 95.0 Å². The smallest absolute Gasteiger partial charge is 0.291 e. The molecule has 0 unspecified atom stereocenters. The van der Waals surface area contributed by atoms with Gasteiger partial charge in [0.05, 0.1) is 21.5 Å². The number of carbonyl (C=O) groups is 5. The van der Waals surface area contributed by atoms with Gasteiger partial charge in [-0.1, -0.05) is 6.58 Å². The van der Waals surface area contributed by atoms with E-state index >= 15 is 0 Å². The first-order valence-electron chi connectivity index (χ1n) is 15.2. The second kappa shape index (κ2) is 14.9. The Morgan fingerprint density at radius 3 is 1.71 bits per heavy atom. The van der Waals surface area contributed by atoms with E-state index in [1.165, 1.54) is 28.8 Å². The predicted molar refractivity (Wildman–Crippen MR) is 195 cm³/mol. The minimum Gasteiger partial charge on any atom is -0.451 e. The third kappa shape index (κ3) is 8.54. The zero-order valence-electron chi connectivity index (χ0n) is 27.6. The maximum atomic E-state index is 13.2. The van der Waals surface area contributed by atoms with E-state index in [0.29, 0.717) is 39.4 Å². The van der Waals surface area contributed by atoms with Gasteiger partial charge in [-0.15, -0.1) is 0 Å². The summed E-state index contributed by atoms with van der Waals surface area (Å²) in [6.45, 7) is 4.06. The lowest BCUT2D eigenvalue weighted by Gasteiger charge is -2.06. The van der Waals surface area contributed by atoms with E-state index < -0.39 is 23.6 Å². The molecule has 0 saturated heterocycles. The topological polar surface area (TPSA) is 235 Å². The van der Waals surface area contributed by atoms with Crippen molar-refractivity contribution in [3.63, 3.8) is 0 Å². The van der Waals surface area contributed by atoms with Crippen LogP contribution in [0, 0.1) is 5.41 Å². The van der Waals surface area contributed by atoms with Crippen LogP contribution in [0.4, 0.5) is 22.7 Å². The predicted octanol–water partition coefficient (Wildman–Crippen LogP) is 3.27. The number of hydrogen-bond acceptors (Lipinski definition) is 7. The van der Waals surface area contributed by atoms with Gasteiger partial charge in [-0.3, -0.25) is 29.4 Å². The van der Waals surface area contributed by atoms with E-state index in [0.717, 1.165) is 0 Å². The Morgan fingerprint density at radius 1 is 0.706 bits per heavy atom. The number of furan rings is 1. The minimum atomic E-state index is -0.546. The summed E-state index contributed by atoms with van der Waals surface area (Å²) >= 11 is 3.03. The fraction of sp³-hybridized carbons (Fsp3) is 0.152. The van der Waals surface area contributed by atoms with Crippen molar-refractivity contribution in [2.24, 2.45) is 26.9 Å². The average Bonchev–Trinajstić information content (AvgIpc) is 3.84. The molecule has 4 aromatic heterocycles. The summed E-state index contributed by atoms with van der Waals surface area (Å²) in [6, 6.07) is 11.0. The van der Waals surface area contributed by atoms with Crippen LogP contribution in [0.5, 0.6) is 0 Å². The molecule has 51 heavy (non-hydrogen) atoms. The first-order valence-corrected chi connectivity index (χ1v) is 16.0. The van der Waals surface area contributed by atoms with Crippen molar-refractivity contribution >= 4 is 85.1 Å². The molecule has 0 aliphatic carbocycles. The molecular formula is C33H34BrN11O6. The van der Waals surface area contributed by atoms with Crippen LogP contribution in [0.15, 0.2) is 76.5 Å². The molecule has 0 atom stereocenters. The summed E-state index contributed by atoms with van der Waals surface area (Å²) in [4.78, 5) is 63.8. The van der Waals surface area contributed by atoms with Crippen LogP contribution in [0.3, 0.4) is 0 Å². The van der Waals surface area contributed by atoms with Gasteiger partial charge in [0.25, 0.3) is 29.5 Å². The van der Waals surface area contributed by atoms with Crippen molar-refractivity contribution in [1.82, 2.24) is 24.3 Å². The molecule has 18 heteroatoms. The quantitative estimate of drug-likeness (QED) is 0.0406. The van der Waals surface area contributed by atoms with Crippen LogP contribution >= 0.6 is 15.9 Å². The largest absolute Gasteiger partial charge is 0.451 e. The lowest BCUT2D eigenvalue weighted by atomic mass is 10.2. The third-order valence-corrected chi connectivity index (χ3v) is 7.82. The Labute approximate surface area is 298 Å². The number of amides is 5. The molecule has 0 aliphatic heterocycles. The van der Waals surface area contributed by atoms with Gasteiger partial charge >= 0.3 is 0 Å². The molecule has 0 saturated carbocycles. The zero-order chi connectivity index (χ0) is 37.0. The fourth-order valence-electron chi connectivity index (χ4n) is 5.05. The highest BCUT2D eigenvalue weighted by molar-refractivity contribution is 9.12. The van der Waals surface area contributed by atoms with Gasteiger partial charge in [-0.05, 0) is 58.4 Å². The Bertz CT molecular complexity index is 2220. The van der Waals surface area contributed by atoms with Gasteiger partial charge in [0.2, 0.25) is 0 Å². The highest BCUT2D eigenvalue weighted by Crippen LogP contribution is 2.25. The molecule has 264 valence electrons. The standard InChI is InChI=1S/C33H34BrN11O6/c1-17(34)28(46)39-19-5-6-26-18(9-19)10-27(51-26)32(50)42-22-13-25(45(4)16-22)31(49)41-21-12-24(44(3)15-21)30(48)40-20-11-23(43(2)14-20)29(47)37-7-8-38-33(35)36/h5-6,9-16H,1,7-8H2,2-4H3,(H,37,47)(H,39,46)(H,40,48)(H,41,49)(H,42,50)(H4,35,36,38). The number of guanidine groups is 1. The highest BCUT2D eigenvalue weighted by Gasteiger charge is 2.20. The summed E-state index contributed by atoms with van der Waals surface area (Å²) < 4.78 is 10.5. The van der Waals surface area contributed by atoms with Crippen LogP contribution in [0.2, 0.25) is 0 Å². The normalized spacial score (nSPS) is 10.7. The van der Waals surface area contributed by atoms with Crippen molar-refractivity contribution in [1.29, 1.82) is 5.41 Å². The van der Waals surface area contributed by atoms with E-state index in [1.54, 1.807) is 67.1 Å². The Kier molecular flexibility index (Phi) is 10.4. The first-order chi connectivity index (χ1) is 24.2. The van der Waals surface area contributed by atoms with Crippen molar-refractivity contribution in [2.75, 3.05) is 34.4 Å². The number of benzene rings is 1. The number of nitrogens with two attached hydrogens (primary N) is 1. The molecule has 0 fully saturated rings. The van der Waals surface area contributed by atoms with E-state index in [-0.39, 0.29) is 46.6 Å². The van der Waals surface area contributed by atoms with E-state index in [2.05, 4.69) is 54.4 Å². The van der Waals surface area contributed by atoms with Gasteiger partial charge in [-0.25, -0.2) is 0 Å². The number of rotatable bonds is 12. The molecule has 5 rings (SSSR count). The van der Waals surface area contributed by atoms with Crippen molar-refractivity contribution in [2.45, 2.75) is 0 Å². The van der Waals surface area contributed by atoms with Crippen LogP contribution in [0.1, 0.15) is 42.0 Å². The Balaban J connectivity index is 1.19. The van der Waals surface area contributed by atoms with Crippen LogP contribution in [0.25, 0.3) is 11.0 Å². The Hall–Kier alpha value is -6.56. The second-order valence-corrected chi connectivity index (χ2v) is 12.3. The summed E-state index contributed by atoms with van der Waals surface area (Å²) in [6.07, 6.45) is 4.73. The SMILES string of the molecule is C=C(Br)C(=O)Nc1ccc2oc(C(=O)Nc3cc(C(=O)Nc4cc(C(=O)Nc5cc(C(=O)NCCNC(=N)N)n(C)c5)n(C)c4)n(C)c3)cc2c1. The second-order valence-electron chi connectivity index (χ2n) is 11.4. The number of aromatic nitrogens is 3. The average molecular weight is 761 g/mol. The summed E-state index contributed by atoms with van der Waals surface area (Å²) in [5, 5.41) is 24.0. The molecule has 0 spiro atoms. The molecule has 0 bridgehead atoms. The van der Waals surface area contributed by atoms with Gasteiger partial charge in [0, 0.05) is 63.9 Å². The number of aryl methyl sites for hydroxylation is 3. The van der Waals surface area contributed by atoms with E-state index in [4.69, 9.17) is 15.6 Å². The van der Waals surface area contributed by atoms with Crippen LogP contribution in [-0.4, -0.2) is 62.3 Å². The van der Waals surface area contributed by atoms with Crippen molar-refractivity contribution in [3.8, 4) is 0 Å². The number of halogens is 1. The molecule has 5 aromatic rings. The maximum Gasteiger partial charge on any atom is 0.291 e. The molecule has 0 radical (unpaired) electrons. The molecule has 0 aliphatic rings. The molecular weight excluding hydrogens is 726 g/mol. The summed E-state index contributed by atoms with van der Waals surface area (Å²) in [5.74, 6) is -2.45. The summed E-state index contributed by atoms with van der Waals surface area (Å²) in [7, 11) is 4.95. The molecule has 5 amide bonds. The third-order valence-electron chi connectivity index (χ3n) is 7.46. The van der Waals surface area contributed by atoms with Crippen LogP contribution < -0.4 is 37.6 Å². The lowest BCUT2D eigenvalue weighted by Crippen LogP contribution is -2.38. The van der Waals surface area contributed by atoms with Gasteiger partial charge < -0.3 is 55.8 Å². The van der Waals surface area contributed by atoms with Gasteiger partial charge in [0.1, 0.15) is 22.7 Å². The molecule has 17 nitrogen and oxygen atoms in total. The van der Waals surface area contributed by atoms with Gasteiger partial charge in [-0.2, -0.15) is 0 Å². The number of nitrogens with zero attached hydrogens (tertiary/aromatic N) is 3. The number of hydrogen-bond donors (Lipinski definition) is 8. The zero-order valence-corrected chi connectivity index (χ0v) is 29.2. The molecule has 9 N–H and O–H groups in total. The minimum absolute atomic E-state index is 0.0250. The van der Waals surface area contributed by atoms with E-state index in [1.807, 2.05) is 0 Å². The molecule has 1 aromatic carbocycles. The fourth-order valence-corrected chi connectivity index (χ4v) is 5.15. The molecule has 4 heterocycles. The number of fused-ring (bicyclic) bond motifs is 1. The monoisotopic (exact) mass is 759 g/mol. The number of nitrogens with one attached hydrogen (secondary N) is 7. The highest BCUT2D eigenvalue weighted by atomic mass is 79.9. The number of carbonyl (C=O) groups excluding carboxylic acids is 5.